The average Bonchev–Trinajstić information content (AvgIpc) is 3.51. The molecule has 0 saturated heterocycles. The fourth-order valence-electron chi connectivity index (χ4n) is 3.01. The predicted molar refractivity (Wildman–Crippen MR) is 108 cm³/mol. The molecule has 2 aromatic carbocycles. The van der Waals surface area contributed by atoms with Crippen molar-refractivity contribution in [1.29, 1.82) is 0 Å². The molecule has 3 rings (SSSR count). The first-order chi connectivity index (χ1) is 13.3. The molecule has 0 radical (unpaired) electrons. The molecule has 28 heavy (non-hydrogen) atoms. The smallest absolute Gasteiger partial charge is 0.243 e. The third kappa shape index (κ3) is 4.84. The van der Waals surface area contributed by atoms with Crippen LogP contribution in [0.5, 0.6) is 5.75 Å². The molecule has 150 valence electrons. The van der Waals surface area contributed by atoms with E-state index in [1.807, 2.05) is 24.3 Å². The fraction of sp³-hybridized carbons (Fsp3) is 0.350. The van der Waals surface area contributed by atoms with E-state index in [-0.39, 0.29) is 23.4 Å². The molecule has 2 aromatic rings. The summed E-state index contributed by atoms with van der Waals surface area (Å²) in [6.45, 7) is -0.260. The van der Waals surface area contributed by atoms with E-state index in [0.717, 1.165) is 28.5 Å². The number of halogens is 1. The van der Waals surface area contributed by atoms with Crippen molar-refractivity contribution < 1.29 is 17.9 Å². The van der Waals surface area contributed by atoms with Crippen molar-refractivity contribution in [3.8, 4) is 5.75 Å². The second-order valence-corrected chi connectivity index (χ2v) is 9.35. The second-order valence-electron chi connectivity index (χ2n) is 6.87. The number of amides is 1. The van der Waals surface area contributed by atoms with Crippen molar-refractivity contribution in [2.75, 3.05) is 20.7 Å². The Morgan fingerprint density at radius 1 is 1.18 bits per heavy atom. The fourth-order valence-corrected chi connectivity index (χ4v) is 4.26. The summed E-state index contributed by atoms with van der Waals surface area (Å²) in [7, 11) is -0.772. The standard InChI is InChI=1S/C20H23ClN2O4S/c1-23(28(25,26)18-11-7-16(21)8-12-18)13-19(24)22-20(14-3-4-14)15-5-9-17(27-2)10-6-15/h5-12,14,20H,3-4,13H2,1-2H3,(H,22,24). The van der Waals surface area contributed by atoms with Gasteiger partial charge in [-0.05, 0) is 60.7 Å². The Morgan fingerprint density at radius 3 is 2.32 bits per heavy atom. The summed E-state index contributed by atoms with van der Waals surface area (Å²) in [5.41, 5.74) is 0.986. The van der Waals surface area contributed by atoms with Crippen LogP contribution in [0.1, 0.15) is 24.4 Å². The summed E-state index contributed by atoms with van der Waals surface area (Å²) < 4.78 is 31.5. The number of hydrogen-bond acceptors (Lipinski definition) is 4. The molecule has 0 aliphatic heterocycles. The Bertz CT molecular complexity index is 926. The van der Waals surface area contributed by atoms with Crippen molar-refractivity contribution in [3.05, 3.63) is 59.1 Å². The van der Waals surface area contributed by atoms with Crippen LogP contribution in [-0.2, 0) is 14.8 Å². The van der Waals surface area contributed by atoms with E-state index in [0.29, 0.717) is 10.9 Å². The van der Waals surface area contributed by atoms with Gasteiger partial charge in [-0.1, -0.05) is 23.7 Å². The Balaban J connectivity index is 1.67. The Morgan fingerprint density at radius 2 is 1.79 bits per heavy atom. The van der Waals surface area contributed by atoms with Crippen molar-refractivity contribution >= 4 is 27.5 Å². The molecule has 0 heterocycles. The van der Waals surface area contributed by atoms with Gasteiger partial charge in [0.15, 0.2) is 0 Å². The lowest BCUT2D eigenvalue weighted by Gasteiger charge is -2.22. The molecule has 1 aliphatic rings. The number of carbonyl (C=O) groups excluding carboxylic acids is 1. The van der Waals surface area contributed by atoms with Gasteiger partial charge >= 0.3 is 0 Å². The van der Waals surface area contributed by atoms with Gasteiger partial charge in [-0.2, -0.15) is 4.31 Å². The van der Waals surface area contributed by atoms with E-state index in [2.05, 4.69) is 5.32 Å². The molecule has 1 atom stereocenters. The summed E-state index contributed by atoms with van der Waals surface area (Å²) in [6, 6.07) is 13.3. The maximum Gasteiger partial charge on any atom is 0.243 e. The lowest BCUT2D eigenvalue weighted by Crippen LogP contribution is -2.40. The number of nitrogens with one attached hydrogen (secondary N) is 1. The first kappa shape index (κ1) is 20.6. The maximum atomic E-state index is 12.6. The van der Waals surface area contributed by atoms with Gasteiger partial charge in [0.25, 0.3) is 0 Å². The minimum Gasteiger partial charge on any atom is -0.497 e. The van der Waals surface area contributed by atoms with E-state index >= 15 is 0 Å². The van der Waals surface area contributed by atoms with Crippen LogP contribution >= 0.6 is 11.6 Å². The Kier molecular flexibility index (Phi) is 6.27. The van der Waals surface area contributed by atoms with Gasteiger partial charge in [0.1, 0.15) is 5.75 Å². The van der Waals surface area contributed by atoms with Crippen LogP contribution in [-0.4, -0.2) is 39.3 Å². The normalized spacial score (nSPS) is 15.3. The highest BCUT2D eigenvalue weighted by Gasteiger charge is 2.34. The number of ether oxygens (including phenoxy) is 1. The van der Waals surface area contributed by atoms with Gasteiger partial charge in [0.2, 0.25) is 15.9 Å². The SMILES string of the molecule is COc1ccc(C(NC(=O)CN(C)S(=O)(=O)c2ccc(Cl)cc2)C2CC2)cc1. The van der Waals surface area contributed by atoms with Gasteiger partial charge in [0.05, 0.1) is 24.6 Å². The van der Waals surface area contributed by atoms with Crippen molar-refractivity contribution in [2.24, 2.45) is 5.92 Å². The summed E-state index contributed by atoms with van der Waals surface area (Å²) in [6.07, 6.45) is 2.08. The lowest BCUT2D eigenvalue weighted by atomic mass is 10.0. The van der Waals surface area contributed by atoms with E-state index in [1.54, 1.807) is 7.11 Å². The van der Waals surface area contributed by atoms with E-state index in [1.165, 1.54) is 31.3 Å². The molecule has 8 heteroatoms. The first-order valence-electron chi connectivity index (χ1n) is 8.96. The molecule has 6 nitrogen and oxygen atoms in total. The lowest BCUT2D eigenvalue weighted by molar-refractivity contribution is -0.122. The summed E-state index contributed by atoms with van der Waals surface area (Å²) in [5.74, 6) is 0.779. The molecule has 1 unspecified atom stereocenters. The highest BCUT2D eigenvalue weighted by molar-refractivity contribution is 7.89. The van der Waals surface area contributed by atoms with Crippen LogP contribution in [0.15, 0.2) is 53.4 Å². The first-order valence-corrected chi connectivity index (χ1v) is 10.8. The van der Waals surface area contributed by atoms with E-state index < -0.39 is 10.0 Å². The molecule has 1 fully saturated rings. The Hall–Kier alpha value is -2.09. The molecule has 1 saturated carbocycles. The van der Waals surface area contributed by atoms with Crippen LogP contribution in [0.2, 0.25) is 5.02 Å². The van der Waals surface area contributed by atoms with Crippen LogP contribution in [0.3, 0.4) is 0 Å². The zero-order chi connectivity index (χ0) is 20.3. The van der Waals surface area contributed by atoms with E-state index in [9.17, 15) is 13.2 Å². The number of methoxy groups -OCH3 is 1. The number of sulfonamides is 1. The summed E-state index contributed by atoms with van der Waals surface area (Å²) >= 11 is 5.82. The molecule has 1 aliphatic carbocycles. The number of likely N-dealkylation sites (N-methyl/N-ethyl adjacent to an activating group) is 1. The molecule has 1 N–H and O–H groups in total. The zero-order valence-corrected chi connectivity index (χ0v) is 17.3. The molecular weight excluding hydrogens is 400 g/mol. The second kappa shape index (κ2) is 8.51. The number of benzene rings is 2. The minimum atomic E-state index is -3.77. The topological polar surface area (TPSA) is 75.7 Å². The van der Waals surface area contributed by atoms with Crippen molar-refractivity contribution in [3.63, 3.8) is 0 Å². The molecule has 0 bridgehead atoms. The molecule has 1 amide bonds. The largest absolute Gasteiger partial charge is 0.497 e. The maximum absolute atomic E-state index is 12.6. The minimum absolute atomic E-state index is 0.0982. The number of nitrogens with zero attached hydrogens (tertiary/aromatic N) is 1. The van der Waals surface area contributed by atoms with Gasteiger partial charge in [-0.3, -0.25) is 4.79 Å². The monoisotopic (exact) mass is 422 g/mol. The highest BCUT2D eigenvalue weighted by atomic mass is 35.5. The van der Waals surface area contributed by atoms with Gasteiger partial charge in [-0.15, -0.1) is 0 Å². The predicted octanol–water partition coefficient (Wildman–Crippen LogP) is 3.24. The highest BCUT2D eigenvalue weighted by Crippen LogP contribution is 2.41. The van der Waals surface area contributed by atoms with Gasteiger partial charge < -0.3 is 10.1 Å². The summed E-state index contributed by atoms with van der Waals surface area (Å²) in [4.78, 5) is 12.7. The van der Waals surface area contributed by atoms with Crippen LogP contribution < -0.4 is 10.1 Å². The van der Waals surface area contributed by atoms with Crippen molar-refractivity contribution in [1.82, 2.24) is 9.62 Å². The average molecular weight is 423 g/mol. The third-order valence-electron chi connectivity index (χ3n) is 4.77. The van der Waals surface area contributed by atoms with Crippen LogP contribution in [0.4, 0.5) is 0 Å². The number of hydrogen-bond donors (Lipinski definition) is 1. The molecular formula is C20H23ClN2O4S. The third-order valence-corrected chi connectivity index (χ3v) is 6.84. The van der Waals surface area contributed by atoms with E-state index in [4.69, 9.17) is 16.3 Å². The quantitative estimate of drug-likeness (QED) is 0.708. The van der Waals surface area contributed by atoms with Crippen LogP contribution in [0, 0.1) is 5.92 Å². The van der Waals surface area contributed by atoms with Gasteiger partial charge in [-0.25, -0.2) is 8.42 Å². The zero-order valence-electron chi connectivity index (χ0n) is 15.8. The number of carbonyl (C=O) groups is 1. The number of rotatable bonds is 8. The molecule has 0 aromatic heterocycles. The van der Waals surface area contributed by atoms with Gasteiger partial charge in [0, 0.05) is 12.1 Å². The summed E-state index contributed by atoms with van der Waals surface area (Å²) in [5, 5.41) is 3.44. The Labute approximate surface area is 170 Å². The van der Waals surface area contributed by atoms with Crippen LogP contribution in [0.25, 0.3) is 0 Å². The van der Waals surface area contributed by atoms with Crippen molar-refractivity contribution in [2.45, 2.75) is 23.8 Å². The molecule has 0 spiro atoms.